The Morgan fingerprint density at radius 2 is 1.54 bits per heavy atom. The quantitative estimate of drug-likeness (QED) is 0.669. The minimum absolute atomic E-state index is 0.0774. The van der Waals surface area contributed by atoms with E-state index in [9.17, 15) is 13.2 Å². The molecule has 1 aromatic rings. The molecule has 1 nitrogen and oxygen atoms in total. The van der Waals surface area contributed by atoms with Crippen molar-refractivity contribution in [1.82, 2.24) is 4.67 Å². The Hall–Kier alpha value is -0.600. The van der Waals surface area contributed by atoms with Crippen LogP contribution < -0.4 is 5.30 Å². The number of hydrogen-bond donors (Lipinski definition) is 0. The van der Waals surface area contributed by atoms with E-state index >= 15 is 0 Å². The summed E-state index contributed by atoms with van der Waals surface area (Å²) in [6.07, 6.45) is 0. The fourth-order valence-electron chi connectivity index (χ4n) is 0.873. The number of halogens is 3. The zero-order valence-electron chi connectivity index (χ0n) is 7.24. The third-order valence-electron chi connectivity index (χ3n) is 1.34. The zero-order chi connectivity index (χ0) is 10.0. The molecule has 0 aliphatic carbocycles. The summed E-state index contributed by atoms with van der Waals surface area (Å²) in [5.41, 5.74) is 0. The van der Waals surface area contributed by atoms with Gasteiger partial charge >= 0.3 is 0 Å². The molecule has 0 saturated heterocycles. The van der Waals surface area contributed by atoms with Crippen molar-refractivity contribution in [3.05, 3.63) is 29.6 Å². The molecule has 0 aliphatic rings. The minimum atomic E-state index is -0.887. The Labute approximate surface area is 76.4 Å². The Kier molecular flexibility index (Phi) is 3.28. The van der Waals surface area contributed by atoms with Gasteiger partial charge in [0.05, 0.1) is 5.30 Å². The fraction of sp³-hybridized carbons (Fsp3) is 0.250. The van der Waals surface area contributed by atoms with Crippen molar-refractivity contribution < 1.29 is 13.2 Å². The highest BCUT2D eigenvalue weighted by molar-refractivity contribution is 7.44. The summed E-state index contributed by atoms with van der Waals surface area (Å²) in [7, 11) is 3.26. The van der Waals surface area contributed by atoms with Gasteiger partial charge in [0.25, 0.3) is 0 Å². The van der Waals surface area contributed by atoms with E-state index in [0.29, 0.717) is 12.1 Å². The molecule has 0 N–H and O–H groups in total. The van der Waals surface area contributed by atoms with Crippen LogP contribution in [0.5, 0.6) is 0 Å². The molecule has 1 aromatic carbocycles. The third kappa shape index (κ3) is 2.68. The van der Waals surface area contributed by atoms with Crippen LogP contribution in [0.1, 0.15) is 0 Å². The first-order valence-corrected chi connectivity index (χ1v) is 4.54. The summed E-state index contributed by atoms with van der Waals surface area (Å²) in [6, 6.07) is 1.38. The lowest BCUT2D eigenvalue weighted by atomic mass is 10.3. The molecule has 0 saturated carbocycles. The first-order chi connectivity index (χ1) is 6.00. The molecule has 5 heteroatoms. The molecule has 13 heavy (non-hydrogen) atoms. The van der Waals surface area contributed by atoms with Crippen LogP contribution in [0.2, 0.25) is 0 Å². The fourth-order valence-corrected chi connectivity index (χ4v) is 1.68. The summed E-state index contributed by atoms with van der Waals surface area (Å²) in [5, 5.41) is -0.0774. The molecule has 0 amide bonds. The van der Waals surface area contributed by atoms with Crippen LogP contribution in [-0.4, -0.2) is 18.8 Å². The Morgan fingerprint density at radius 1 is 1.08 bits per heavy atom. The van der Waals surface area contributed by atoms with E-state index in [-0.39, 0.29) is 14.0 Å². The van der Waals surface area contributed by atoms with Crippen LogP contribution in [0.3, 0.4) is 0 Å². The monoisotopic (exact) mass is 207 g/mol. The predicted octanol–water partition coefficient (Wildman–Crippen LogP) is 1.88. The Balaban J connectivity index is 3.06. The van der Waals surface area contributed by atoms with Gasteiger partial charge in [0.15, 0.2) is 0 Å². The number of hydrogen-bond acceptors (Lipinski definition) is 1. The second-order valence-electron chi connectivity index (χ2n) is 2.75. The van der Waals surface area contributed by atoms with Gasteiger partial charge in [0, 0.05) is 12.1 Å². The summed E-state index contributed by atoms with van der Waals surface area (Å²) in [6.45, 7) is 0. The standard InChI is InChI=1S/C8H9F3NP/c1-12(2)13-8-6(10)3-5(9)4-7(8)11/h3-4,13H,1-2H3. The SMILES string of the molecule is CN(C)Pc1c(F)cc(F)cc1F. The van der Waals surface area contributed by atoms with Crippen molar-refractivity contribution in [2.75, 3.05) is 14.1 Å². The summed E-state index contributed by atoms with van der Waals surface area (Å²) >= 11 is 0. The van der Waals surface area contributed by atoms with Crippen LogP contribution >= 0.6 is 8.73 Å². The molecule has 1 rings (SSSR count). The van der Waals surface area contributed by atoms with Gasteiger partial charge in [0.2, 0.25) is 0 Å². The van der Waals surface area contributed by atoms with Gasteiger partial charge in [-0.1, -0.05) is 0 Å². The average molecular weight is 207 g/mol. The normalized spacial score (nSPS) is 11.8. The van der Waals surface area contributed by atoms with Crippen LogP contribution in [0.4, 0.5) is 13.2 Å². The molecule has 0 bridgehead atoms. The lowest BCUT2D eigenvalue weighted by Crippen LogP contribution is -2.14. The van der Waals surface area contributed by atoms with Crippen LogP contribution in [0.15, 0.2) is 12.1 Å². The molecule has 72 valence electrons. The number of nitrogens with zero attached hydrogens (tertiary/aromatic N) is 1. The summed E-state index contributed by atoms with van der Waals surface area (Å²) in [4.78, 5) is 0. The third-order valence-corrected chi connectivity index (χ3v) is 2.49. The highest BCUT2D eigenvalue weighted by atomic mass is 31.1. The molecular weight excluding hydrogens is 198 g/mol. The van der Waals surface area contributed by atoms with Gasteiger partial charge in [-0.25, -0.2) is 13.2 Å². The van der Waals surface area contributed by atoms with E-state index in [0.717, 1.165) is 0 Å². The summed E-state index contributed by atoms with van der Waals surface area (Å²) < 4.78 is 40.0. The first kappa shape index (κ1) is 10.5. The second-order valence-corrected chi connectivity index (χ2v) is 4.37. The van der Waals surface area contributed by atoms with E-state index in [2.05, 4.69) is 0 Å². The lowest BCUT2D eigenvalue weighted by Gasteiger charge is -2.10. The molecule has 0 aromatic heterocycles. The number of rotatable bonds is 2. The van der Waals surface area contributed by atoms with Crippen molar-refractivity contribution >= 4 is 14.0 Å². The highest BCUT2D eigenvalue weighted by Crippen LogP contribution is 2.18. The Bertz CT molecular complexity index is 291. The van der Waals surface area contributed by atoms with Crippen molar-refractivity contribution in [2.24, 2.45) is 0 Å². The molecular formula is C8H9F3NP. The van der Waals surface area contributed by atoms with Crippen molar-refractivity contribution in [2.45, 2.75) is 0 Å². The average Bonchev–Trinajstić information content (AvgIpc) is 1.96. The van der Waals surface area contributed by atoms with E-state index in [4.69, 9.17) is 0 Å². The maximum Gasteiger partial charge on any atom is 0.137 e. The Morgan fingerprint density at radius 3 is 1.92 bits per heavy atom. The van der Waals surface area contributed by atoms with E-state index in [1.165, 1.54) is 0 Å². The second kappa shape index (κ2) is 4.07. The zero-order valence-corrected chi connectivity index (χ0v) is 8.24. The molecule has 1 unspecified atom stereocenters. The van der Waals surface area contributed by atoms with Crippen molar-refractivity contribution in [3.8, 4) is 0 Å². The molecule has 1 atom stereocenters. The van der Waals surface area contributed by atoms with Gasteiger partial charge in [-0.05, 0) is 22.8 Å². The molecule has 0 spiro atoms. The smallest absolute Gasteiger partial charge is 0.137 e. The molecule has 0 aliphatic heterocycles. The minimum Gasteiger partial charge on any atom is -0.287 e. The summed E-state index contributed by atoms with van der Waals surface area (Å²) in [5.74, 6) is -2.55. The maximum absolute atomic E-state index is 13.0. The van der Waals surface area contributed by atoms with E-state index < -0.39 is 17.5 Å². The van der Waals surface area contributed by atoms with E-state index in [1.54, 1.807) is 18.8 Å². The van der Waals surface area contributed by atoms with Crippen molar-refractivity contribution in [1.29, 1.82) is 0 Å². The lowest BCUT2D eigenvalue weighted by molar-refractivity contribution is 0.552. The maximum atomic E-state index is 13.0. The van der Waals surface area contributed by atoms with Crippen LogP contribution in [0, 0.1) is 17.5 Å². The van der Waals surface area contributed by atoms with Crippen LogP contribution in [0.25, 0.3) is 0 Å². The van der Waals surface area contributed by atoms with Gasteiger partial charge in [-0.15, -0.1) is 0 Å². The molecule has 0 fully saturated rings. The van der Waals surface area contributed by atoms with E-state index in [1.807, 2.05) is 0 Å². The topological polar surface area (TPSA) is 3.24 Å². The molecule has 0 radical (unpaired) electrons. The van der Waals surface area contributed by atoms with Gasteiger partial charge < -0.3 is 0 Å². The van der Waals surface area contributed by atoms with Crippen LogP contribution in [-0.2, 0) is 0 Å². The first-order valence-electron chi connectivity index (χ1n) is 3.59. The molecule has 0 heterocycles. The largest absolute Gasteiger partial charge is 0.287 e. The van der Waals surface area contributed by atoms with Gasteiger partial charge in [-0.2, -0.15) is 0 Å². The number of benzene rings is 1. The van der Waals surface area contributed by atoms with Gasteiger partial charge in [0.1, 0.15) is 17.5 Å². The van der Waals surface area contributed by atoms with Gasteiger partial charge in [-0.3, -0.25) is 4.67 Å². The highest BCUT2D eigenvalue weighted by Gasteiger charge is 2.11. The van der Waals surface area contributed by atoms with Crippen molar-refractivity contribution in [3.63, 3.8) is 0 Å². The predicted molar refractivity (Wildman–Crippen MR) is 48.0 cm³/mol.